The van der Waals surface area contributed by atoms with Gasteiger partial charge in [0.2, 0.25) is 5.91 Å². The van der Waals surface area contributed by atoms with Crippen LogP contribution in [0.3, 0.4) is 0 Å². The highest BCUT2D eigenvalue weighted by Gasteiger charge is 2.36. The molecule has 3 aliphatic rings. The Kier molecular flexibility index (Phi) is 5.22. The molecule has 4 rings (SSSR count). The number of ether oxygens (including phenoxy) is 2. The number of fused-ring (bicyclic) bond motifs is 1. The van der Waals surface area contributed by atoms with Crippen molar-refractivity contribution in [3.05, 3.63) is 23.8 Å². The lowest BCUT2D eigenvalue weighted by molar-refractivity contribution is -0.123. The number of nitrogens with zero attached hydrogens (tertiary/aromatic N) is 2. The van der Waals surface area contributed by atoms with Crippen molar-refractivity contribution in [1.29, 1.82) is 5.26 Å². The maximum Gasteiger partial charge on any atom is 0.235 e. The van der Waals surface area contributed by atoms with E-state index in [0.29, 0.717) is 19.8 Å². The van der Waals surface area contributed by atoms with E-state index in [1.165, 1.54) is 5.56 Å². The van der Waals surface area contributed by atoms with E-state index >= 15 is 0 Å². The Morgan fingerprint density at radius 2 is 1.96 bits per heavy atom. The first kappa shape index (κ1) is 18.1. The van der Waals surface area contributed by atoms with Gasteiger partial charge in [0, 0.05) is 12.5 Å². The Morgan fingerprint density at radius 1 is 1.19 bits per heavy atom. The predicted molar refractivity (Wildman–Crippen MR) is 101 cm³/mol. The molecule has 0 unspecified atom stereocenters. The fraction of sp³-hybridized carbons (Fsp3) is 0.619. The SMILES string of the molecule is N#CC1(NC(=O)CN2CCC[C@@H]2c2ccc3c(c2)OCCCO3)CCCC1. The number of rotatable bonds is 4. The molecule has 2 fully saturated rings. The minimum atomic E-state index is -0.651. The Labute approximate surface area is 160 Å². The molecular weight excluding hydrogens is 342 g/mol. The fourth-order valence-corrected chi connectivity index (χ4v) is 4.51. The lowest BCUT2D eigenvalue weighted by atomic mass is 10.00. The molecule has 2 heterocycles. The molecule has 1 aliphatic carbocycles. The van der Waals surface area contributed by atoms with Crippen LogP contribution in [0.4, 0.5) is 0 Å². The van der Waals surface area contributed by atoms with Crippen molar-refractivity contribution < 1.29 is 14.3 Å². The number of nitrogens with one attached hydrogen (secondary N) is 1. The highest BCUT2D eigenvalue weighted by molar-refractivity contribution is 5.79. The normalized spacial score (nSPS) is 24.2. The van der Waals surface area contributed by atoms with Crippen LogP contribution >= 0.6 is 0 Å². The van der Waals surface area contributed by atoms with Gasteiger partial charge in [0.15, 0.2) is 11.5 Å². The second kappa shape index (κ2) is 7.77. The number of carbonyl (C=O) groups is 1. The number of benzene rings is 1. The number of hydrogen-bond donors (Lipinski definition) is 1. The average Bonchev–Trinajstić information content (AvgIpc) is 3.26. The molecule has 6 nitrogen and oxygen atoms in total. The fourth-order valence-electron chi connectivity index (χ4n) is 4.51. The van der Waals surface area contributed by atoms with Crippen LogP contribution in [0.25, 0.3) is 0 Å². The first-order valence-electron chi connectivity index (χ1n) is 10.0. The van der Waals surface area contributed by atoms with Gasteiger partial charge in [0.05, 0.1) is 25.8 Å². The summed E-state index contributed by atoms with van der Waals surface area (Å²) in [7, 11) is 0. The van der Waals surface area contributed by atoms with Crippen molar-refractivity contribution in [2.75, 3.05) is 26.3 Å². The summed E-state index contributed by atoms with van der Waals surface area (Å²) in [5.74, 6) is 1.56. The van der Waals surface area contributed by atoms with E-state index in [2.05, 4.69) is 28.4 Å². The van der Waals surface area contributed by atoms with E-state index in [4.69, 9.17) is 9.47 Å². The van der Waals surface area contributed by atoms with Gasteiger partial charge >= 0.3 is 0 Å². The standard InChI is InChI=1S/C21H27N3O3/c22-15-21(8-1-2-9-21)23-20(25)14-24-10-3-5-17(24)16-6-7-18-19(13-16)27-12-4-11-26-18/h6-7,13,17H,1-5,8-12,14H2,(H,23,25)/t17-/m1/s1. The first-order valence-corrected chi connectivity index (χ1v) is 10.0. The lowest BCUT2D eigenvalue weighted by Crippen LogP contribution is -2.48. The molecule has 0 radical (unpaired) electrons. The minimum absolute atomic E-state index is 0.0420. The molecule has 1 saturated heterocycles. The zero-order chi connectivity index (χ0) is 18.7. The quantitative estimate of drug-likeness (QED) is 0.883. The van der Waals surface area contributed by atoms with E-state index < -0.39 is 5.54 Å². The molecule has 1 atom stereocenters. The molecule has 1 aromatic rings. The van der Waals surface area contributed by atoms with Crippen molar-refractivity contribution in [2.45, 2.75) is 56.5 Å². The summed E-state index contributed by atoms with van der Waals surface area (Å²) in [4.78, 5) is 14.8. The minimum Gasteiger partial charge on any atom is -0.490 e. The van der Waals surface area contributed by atoms with E-state index in [1.807, 2.05) is 6.07 Å². The summed E-state index contributed by atoms with van der Waals surface area (Å²) in [5.41, 5.74) is 0.516. The highest BCUT2D eigenvalue weighted by Crippen LogP contribution is 2.38. The molecule has 1 aromatic carbocycles. The number of hydrogen-bond acceptors (Lipinski definition) is 5. The third kappa shape index (κ3) is 3.89. The van der Waals surface area contributed by atoms with Crippen LogP contribution in [-0.2, 0) is 4.79 Å². The van der Waals surface area contributed by atoms with Gasteiger partial charge in [-0.05, 0) is 62.8 Å². The van der Waals surface area contributed by atoms with E-state index in [9.17, 15) is 10.1 Å². The molecule has 6 heteroatoms. The summed E-state index contributed by atoms with van der Waals surface area (Å²) >= 11 is 0. The molecule has 0 aromatic heterocycles. The summed E-state index contributed by atoms with van der Waals surface area (Å²) < 4.78 is 11.5. The van der Waals surface area contributed by atoms with Crippen molar-refractivity contribution in [3.8, 4) is 17.6 Å². The van der Waals surface area contributed by atoms with Gasteiger partial charge in [-0.2, -0.15) is 5.26 Å². The van der Waals surface area contributed by atoms with Gasteiger partial charge in [-0.3, -0.25) is 9.69 Å². The van der Waals surface area contributed by atoms with Crippen molar-refractivity contribution in [3.63, 3.8) is 0 Å². The highest BCUT2D eigenvalue weighted by atomic mass is 16.5. The van der Waals surface area contributed by atoms with Gasteiger partial charge in [-0.25, -0.2) is 0 Å². The molecule has 1 saturated carbocycles. The van der Waals surface area contributed by atoms with Crippen molar-refractivity contribution in [2.24, 2.45) is 0 Å². The number of carbonyl (C=O) groups excluding carboxylic acids is 1. The lowest BCUT2D eigenvalue weighted by Gasteiger charge is -2.27. The second-order valence-electron chi connectivity index (χ2n) is 7.83. The summed E-state index contributed by atoms with van der Waals surface area (Å²) in [6.07, 6.45) is 6.53. The molecule has 27 heavy (non-hydrogen) atoms. The van der Waals surface area contributed by atoms with Crippen LogP contribution in [-0.4, -0.2) is 42.6 Å². The molecule has 0 bridgehead atoms. The van der Waals surface area contributed by atoms with Crippen molar-refractivity contribution in [1.82, 2.24) is 10.2 Å². The van der Waals surface area contributed by atoms with Gasteiger partial charge in [0.1, 0.15) is 5.54 Å². The first-order chi connectivity index (χ1) is 13.2. The monoisotopic (exact) mass is 369 g/mol. The Balaban J connectivity index is 1.44. The third-order valence-electron chi connectivity index (χ3n) is 5.92. The number of likely N-dealkylation sites (tertiary alicyclic amines) is 1. The largest absolute Gasteiger partial charge is 0.490 e. The molecule has 1 N–H and O–H groups in total. The summed E-state index contributed by atoms with van der Waals surface area (Å²) in [5, 5.41) is 12.5. The summed E-state index contributed by atoms with van der Waals surface area (Å²) in [6.45, 7) is 2.58. The van der Waals surface area contributed by atoms with Crippen molar-refractivity contribution >= 4 is 5.91 Å². The number of nitriles is 1. The topological polar surface area (TPSA) is 74.6 Å². The molecule has 2 aliphatic heterocycles. The van der Waals surface area contributed by atoms with Crippen LogP contribution in [0.1, 0.15) is 56.6 Å². The molecule has 0 spiro atoms. The van der Waals surface area contributed by atoms with Crippen LogP contribution in [0.5, 0.6) is 11.5 Å². The maximum atomic E-state index is 12.6. The maximum absolute atomic E-state index is 12.6. The molecular formula is C21H27N3O3. The van der Waals surface area contributed by atoms with Gasteiger partial charge < -0.3 is 14.8 Å². The van der Waals surface area contributed by atoms with Crippen LogP contribution in [0, 0.1) is 11.3 Å². The van der Waals surface area contributed by atoms with Gasteiger partial charge in [-0.15, -0.1) is 0 Å². The van der Waals surface area contributed by atoms with E-state index in [1.54, 1.807) is 0 Å². The average molecular weight is 369 g/mol. The Bertz CT molecular complexity index is 737. The zero-order valence-corrected chi connectivity index (χ0v) is 15.7. The van der Waals surface area contributed by atoms with Crippen LogP contribution in [0.2, 0.25) is 0 Å². The molecule has 1 amide bonds. The summed E-state index contributed by atoms with van der Waals surface area (Å²) in [6, 6.07) is 8.67. The number of amides is 1. The predicted octanol–water partition coefficient (Wildman–Crippen LogP) is 2.94. The van der Waals surface area contributed by atoms with Crippen LogP contribution < -0.4 is 14.8 Å². The second-order valence-corrected chi connectivity index (χ2v) is 7.83. The van der Waals surface area contributed by atoms with Gasteiger partial charge in [0.25, 0.3) is 0 Å². The Hall–Kier alpha value is -2.26. The smallest absolute Gasteiger partial charge is 0.235 e. The Morgan fingerprint density at radius 3 is 2.74 bits per heavy atom. The van der Waals surface area contributed by atoms with Gasteiger partial charge in [-0.1, -0.05) is 6.07 Å². The zero-order valence-electron chi connectivity index (χ0n) is 15.7. The third-order valence-corrected chi connectivity index (χ3v) is 5.92. The molecule has 144 valence electrons. The van der Waals surface area contributed by atoms with Crippen LogP contribution in [0.15, 0.2) is 18.2 Å². The van der Waals surface area contributed by atoms with E-state index in [0.717, 1.165) is 63.0 Å². The van der Waals surface area contributed by atoms with E-state index in [-0.39, 0.29) is 11.9 Å².